The molecule has 1 aliphatic heterocycles. The first-order valence-electron chi connectivity index (χ1n) is 7.08. The quantitative estimate of drug-likeness (QED) is 0.729. The Balaban J connectivity index is 2.04. The molecule has 0 aliphatic carbocycles. The van der Waals surface area contributed by atoms with Gasteiger partial charge in [0, 0.05) is 25.2 Å². The lowest BCUT2D eigenvalue weighted by Crippen LogP contribution is -2.40. The zero-order chi connectivity index (χ0) is 13.7. The van der Waals surface area contributed by atoms with Gasteiger partial charge in [-0.1, -0.05) is 12.1 Å². The van der Waals surface area contributed by atoms with Crippen LogP contribution in [0.25, 0.3) is 0 Å². The van der Waals surface area contributed by atoms with Crippen LogP contribution in [0, 0.1) is 0 Å². The molecule has 0 spiro atoms. The summed E-state index contributed by atoms with van der Waals surface area (Å²) in [5.74, 6) is 0.298. The van der Waals surface area contributed by atoms with Gasteiger partial charge in [0.1, 0.15) is 5.75 Å². The fourth-order valence-electron chi connectivity index (χ4n) is 2.76. The monoisotopic (exact) mass is 264 g/mol. The number of phenolic OH excluding ortho intramolecular Hbond substituents is 1. The molecule has 1 saturated heterocycles. The number of rotatable bonds is 6. The molecule has 106 valence electrons. The summed E-state index contributed by atoms with van der Waals surface area (Å²) in [5.41, 5.74) is 1.09. The third-order valence-electron chi connectivity index (χ3n) is 3.90. The second-order valence-electron chi connectivity index (χ2n) is 5.28. The summed E-state index contributed by atoms with van der Waals surface area (Å²) in [4.78, 5) is 2.28. The van der Waals surface area contributed by atoms with Gasteiger partial charge in [0.25, 0.3) is 0 Å². The molecule has 0 amide bonds. The summed E-state index contributed by atoms with van der Waals surface area (Å²) in [6.45, 7) is 4.99. The van der Waals surface area contributed by atoms with E-state index in [4.69, 9.17) is 0 Å². The molecule has 2 unspecified atom stereocenters. The van der Waals surface area contributed by atoms with Crippen LogP contribution in [0.1, 0.15) is 31.4 Å². The van der Waals surface area contributed by atoms with E-state index < -0.39 is 0 Å². The molecule has 2 rings (SSSR count). The third kappa shape index (κ3) is 3.93. The van der Waals surface area contributed by atoms with Gasteiger partial charge in [0.15, 0.2) is 0 Å². The maximum Gasteiger partial charge on any atom is 0.115 e. The minimum atomic E-state index is 0.163. The van der Waals surface area contributed by atoms with Gasteiger partial charge >= 0.3 is 0 Å². The largest absolute Gasteiger partial charge is 0.508 e. The average Bonchev–Trinajstić information content (AvgIpc) is 2.90. The van der Waals surface area contributed by atoms with Crippen LogP contribution in [0.5, 0.6) is 5.75 Å². The summed E-state index contributed by atoms with van der Waals surface area (Å²) in [5, 5.41) is 22.3. The van der Waals surface area contributed by atoms with E-state index in [9.17, 15) is 10.2 Å². The first-order chi connectivity index (χ1) is 9.20. The van der Waals surface area contributed by atoms with Crippen LogP contribution in [0.2, 0.25) is 0 Å². The van der Waals surface area contributed by atoms with E-state index in [0.717, 1.165) is 18.7 Å². The first-order valence-corrected chi connectivity index (χ1v) is 7.08. The molecule has 3 N–H and O–H groups in total. The maximum atomic E-state index is 9.58. The van der Waals surface area contributed by atoms with Gasteiger partial charge in [-0.15, -0.1) is 0 Å². The minimum Gasteiger partial charge on any atom is -0.508 e. The van der Waals surface area contributed by atoms with Crippen molar-refractivity contribution in [2.45, 2.75) is 31.8 Å². The molecule has 4 nitrogen and oxygen atoms in total. The molecule has 1 aliphatic rings. The lowest BCUT2D eigenvalue weighted by Gasteiger charge is -2.31. The van der Waals surface area contributed by atoms with E-state index >= 15 is 0 Å². The Hall–Kier alpha value is -1.10. The van der Waals surface area contributed by atoms with Gasteiger partial charge in [-0.05, 0) is 44.0 Å². The fourth-order valence-corrected chi connectivity index (χ4v) is 2.76. The molecule has 1 aromatic rings. The number of benzene rings is 1. The number of aliphatic hydroxyl groups is 1. The topological polar surface area (TPSA) is 55.7 Å². The highest BCUT2D eigenvalue weighted by Crippen LogP contribution is 2.24. The van der Waals surface area contributed by atoms with E-state index in [1.165, 1.54) is 12.8 Å². The summed E-state index contributed by atoms with van der Waals surface area (Å²) < 4.78 is 0. The molecule has 0 saturated carbocycles. The molecule has 0 radical (unpaired) electrons. The normalized spacial score (nSPS) is 20.9. The highest BCUT2D eigenvalue weighted by atomic mass is 16.3. The van der Waals surface area contributed by atoms with Crippen molar-refractivity contribution in [1.82, 2.24) is 10.2 Å². The molecule has 19 heavy (non-hydrogen) atoms. The Morgan fingerprint density at radius 2 is 2.32 bits per heavy atom. The van der Waals surface area contributed by atoms with Crippen LogP contribution in [0.3, 0.4) is 0 Å². The van der Waals surface area contributed by atoms with Gasteiger partial charge in [-0.3, -0.25) is 4.90 Å². The molecule has 1 aromatic carbocycles. The standard InChI is InChI=1S/C15H24N2O2/c1-12(13-4-2-6-15(19)10-13)17(8-9-18)11-14-5-3-7-16-14/h2,4,6,10,12,14,16,18-19H,3,5,7-9,11H2,1H3. The second kappa shape index (κ2) is 6.89. The summed E-state index contributed by atoms with van der Waals surface area (Å²) >= 11 is 0. The van der Waals surface area contributed by atoms with Crippen molar-refractivity contribution < 1.29 is 10.2 Å². The van der Waals surface area contributed by atoms with Crippen LogP contribution in [-0.2, 0) is 0 Å². The van der Waals surface area contributed by atoms with E-state index in [1.54, 1.807) is 12.1 Å². The van der Waals surface area contributed by atoms with Crippen molar-refractivity contribution in [3.05, 3.63) is 29.8 Å². The second-order valence-corrected chi connectivity index (χ2v) is 5.28. The smallest absolute Gasteiger partial charge is 0.115 e. The summed E-state index contributed by atoms with van der Waals surface area (Å²) in [6.07, 6.45) is 2.44. The number of hydrogen-bond acceptors (Lipinski definition) is 4. The van der Waals surface area contributed by atoms with Crippen molar-refractivity contribution in [2.75, 3.05) is 26.2 Å². The van der Waals surface area contributed by atoms with Crippen LogP contribution < -0.4 is 5.32 Å². The Bertz CT molecular complexity index is 391. The van der Waals surface area contributed by atoms with Crippen LogP contribution in [0.4, 0.5) is 0 Å². The van der Waals surface area contributed by atoms with Crippen LogP contribution >= 0.6 is 0 Å². The maximum absolute atomic E-state index is 9.58. The molecule has 0 aromatic heterocycles. The zero-order valence-corrected chi connectivity index (χ0v) is 11.5. The van der Waals surface area contributed by atoms with Gasteiger partial charge in [-0.2, -0.15) is 0 Å². The molecule has 0 bridgehead atoms. The summed E-state index contributed by atoms with van der Waals surface area (Å²) in [6, 6.07) is 8.10. The number of nitrogens with one attached hydrogen (secondary N) is 1. The van der Waals surface area contributed by atoms with E-state index in [2.05, 4.69) is 17.1 Å². The van der Waals surface area contributed by atoms with Crippen molar-refractivity contribution in [2.24, 2.45) is 0 Å². The molecule has 2 atom stereocenters. The predicted octanol–water partition coefficient (Wildman–Crippen LogP) is 1.50. The highest BCUT2D eigenvalue weighted by Gasteiger charge is 2.22. The Kier molecular flexibility index (Phi) is 5.19. The van der Waals surface area contributed by atoms with Crippen molar-refractivity contribution in [3.8, 4) is 5.75 Å². The average molecular weight is 264 g/mol. The van der Waals surface area contributed by atoms with Gasteiger partial charge < -0.3 is 15.5 Å². The SMILES string of the molecule is CC(c1cccc(O)c1)N(CCO)CC1CCCN1. The zero-order valence-electron chi connectivity index (χ0n) is 11.5. The molecule has 1 heterocycles. The van der Waals surface area contributed by atoms with E-state index in [1.807, 2.05) is 12.1 Å². The Morgan fingerprint density at radius 1 is 1.47 bits per heavy atom. The van der Waals surface area contributed by atoms with Crippen molar-refractivity contribution >= 4 is 0 Å². The molecular formula is C15H24N2O2. The van der Waals surface area contributed by atoms with Crippen LogP contribution in [0.15, 0.2) is 24.3 Å². The predicted molar refractivity (Wildman–Crippen MR) is 76.2 cm³/mol. The minimum absolute atomic E-state index is 0.163. The first kappa shape index (κ1) is 14.3. The Morgan fingerprint density at radius 3 is 2.95 bits per heavy atom. The van der Waals surface area contributed by atoms with Gasteiger partial charge in [-0.25, -0.2) is 0 Å². The molecule has 4 heteroatoms. The van der Waals surface area contributed by atoms with Gasteiger partial charge in [0.2, 0.25) is 0 Å². The number of aromatic hydroxyl groups is 1. The number of hydrogen-bond donors (Lipinski definition) is 3. The molecule has 1 fully saturated rings. The lowest BCUT2D eigenvalue weighted by molar-refractivity contribution is 0.147. The number of aliphatic hydroxyl groups excluding tert-OH is 1. The Labute approximate surface area is 115 Å². The van der Waals surface area contributed by atoms with Crippen molar-refractivity contribution in [3.63, 3.8) is 0 Å². The molecular weight excluding hydrogens is 240 g/mol. The van der Waals surface area contributed by atoms with Gasteiger partial charge in [0.05, 0.1) is 6.61 Å². The summed E-state index contributed by atoms with van der Waals surface area (Å²) in [7, 11) is 0. The lowest BCUT2D eigenvalue weighted by atomic mass is 10.1. The highest BCUT2D eigenvalue weighted by molar-refractivity contribution is 5.29. The number of phenols is 1. The number of nitrogens with zero attached hydrogens (tertiary/aromatic N) is 1. The van der Waals surface area contributed by atoms with Crippen molar-refractivity contribution in [1.29, 1.82) is 0 Å². The fraction of sp³-hybridized carbons (Fsp3) is 0.600. The third-order valence-corrected chi connectivity index (χ3v) is 3.90. The van der Waals surface area contributed by atoms with E-state index in [-0.39, 0.29) is 12.6 Å². The van der Waals surface area contributed by atoms with Crippen LogP contribution in [-0.4, -0.2) is 47.4 Å². The van der Waals surface area contributed by atoms with E-state index in [0.29, 0.717) is 18.3 Å².